The fourth-order valence-electron chi connectivity index (χ4n) is 0. The number of hydrogen-bond donors (Lipinski definition) is 1. The van der Waals surface area contributed by atoms with E-state index in [-0.39, 0.29) is 33.8 Å². The van der Waals surface area contributed by atoms with Gasteiger partial charge in [-0.15, -0.1) is 12.2 Å². The van der Waals surface area contributed by atoms with Crippen LogP contribution in [0.3, 0.4) is 0 Å². The second-order valence-electron chi connectivity index (χ2n) is 2.86. The largest absolute Gasteiger partial charge is 4.00 e. The van der Waals surface area contributed by atoms with Gasteiger partial charge in [-0.2, -0.15) is 0 Å². The molecule has 0 aromatic rings. The van der Waals surface area contributed by atoms with Gasteiger partial charge in [0.2, 0.25) is 0 Å². The topological polar surface area (TPSA) is 230 Å². The van der Waals surface area contributed by atoms with Crippen molar-refractivity contribution in [3.05, 3.63) is 30.6 Å². The summed E-state index contributed by atoms with van der Waals surface area (Å²) in [5, 5.41) is 56.1. The van der Waals surface area contributed by atoms with Crippen LogP contribution in [-0.2, 0) is 21.7 Å². The Kier molecular flexibility index (Phi) is 87.0. The van der Waals surface area contributed by atoms with Crippen LogP contribution in [0.15, 0.2) is 0 Å². The molecule has 0 aliphatic rings. The summed E-state index contributed by atoms with van der Waals surface area (Å²) in [7, 11) is 0. The zero-order valence-corrected chi connectivity index (χ0v) is 14.0. The van der Waals surface area contributed by atoms with Crippen LogP contribution in [-0.4, -0.2) is 39.6 Å². The van der Waals surface area contributed by atoms with Crippen molar-refractivity contribution in [1.82, 2.24) is 0 Å². The summed E-state index contributed by atoms with van der Waals surface area (Å²) in [4.78, 5) is 16.5. The van der Waals surface area contributed by atoms with Crippen molar-refractivity contribution in [2.45, 2.75) is 46.8 Å². The van der Waals surface area contributed by atoms with Crippen molar-refractivity contribution in [3.8, 4) is 0 Å². The zero-order chi connectivity index (χ0) is 17.0. The van der Waals surface area contributed by atoms with Crippen LogP contribution in [0, 0.1) is 30.6 Å². The maximum Gasteiger partial charge on any atom is 4.00 e. The summed E-state index contributed by atoms with van der Waals surface area (Å²) in [6.07, 6.45) is -0.833. The van der Waals surface area contributed by atoms with E-state index < -0.39 is 22.4 Å². The molecule has 3 N–H and O–H groups in total. The van der Waals surface area contributed by atoms with Crippen LogP contribution in [0.1, 0.15) is 34.6 Å². The summed E-state index contributed by atoms with van der Waals surface area (Å²) in [6.45, 7) is 8.38. The van der Waals surface area contributed by atoms with Crippen molar-refractivity contribution < 1.29 is 52.7 Å². The first-order chi connectivity index (χ1) is 8.34. The third-order valence-electron chi connectivity index (χ3n) is 0. The first kappa shape index (κ1) is 42.7. The molecule has 0 fully saturated rings. The molecule has 128 valence electrons. The molecule has 0 atom stereocenters. The molecule has 0 bridgehead atoms. The Labute approximate surface area is 137 Å². The van der Waals surface area contributed by atoms with Gasteiger partial charge in [-0.05, 0) is 6.92 Å². The predicted molar refractivity (Wildman–Crippen MR) is 67.4 cm³/mol. The van der Waals surface area contributed by atoms with Gasteiger partial charge in [-0.3, -0.25) is 0 Å². The van der Waals surface area contributed by atoms with Crippen molar-refractivity contribution in [1.29, 1.82) is 0 Å². The summed E-state index contributed by atoms with van der Waals surface area (Å²) in [5.74, 6) is 0. The van der Waals surface area contributed by atoms with Gasteiger partial charge >= 0.3 is 21.7 Å². The summed E-state index contributed by atoms with van der Waals surface area (Å²) in [6, 6.07) is 0. The van der Waals surface area contributed by atoms with E-state index in [0.29, 0.717) is 0 Å². The van der Waals surface area contributed by atoms with Gasteiger partial charge in [0.25, 0.3) is 0 Å². The van der Waals surface area contributed by atoms with Gasteiger partial charge in [0, 0.05) is 6.61 Å². The SMILES string of the molecule is CC(C)[O-].CC(C)[O-].CCO.O.O=[N+]([O-])[O-].O=[N+]([O-])[O-].[Ti+4]. The minimum absolute atomic E-state index is 0. The molecule has 0 amide bonds. The van der Waals surface area contributed by atoms with Crippen molar-refractivity contribution in [3.63, 3.8) is 0 Å². The Balaban J connectivity index is -0.0000000229. The van der Waals surface area contributed by atoms with Gasteiger partial charge in [0.15, 0.2) is 0 Å². The molecule has 0 aliphatic carbocycles. The average molecular weight is 354 g/mol. The standard InChI is InChI=1S/2C3H7O.C2H6O.2NO3.H2O.Ti/c2*1-3(2)4;1-2-3;2*2-1(3)4;;/h2*3H,1-2H3;3H,2H2,1H3;;;1H2;/q2*-1;;2*-1;;+4. The molecular formula is C8H22N2O10Ti. The van der Waals surface area contributed by atoms with E-state index in [1.165, 1.54) is 0 Å². The molecule has 0 aromatic carbocycles. The normalized spacial score (nSPS) is 6.57. The number of nitrogens with zero attached hydrogens (tertiary/aromatic N) is 2. The second kappa shape index (κ2) is 42.8. The molecule has 12 nitrogen and oxygen atoms in total. The van der Waals surface area contributed by atoms with E-state index in [9.17, 15) is 10.2 Å². The van der Waals surface area contributed by atoms with Crippen LogP contribution in [0.4, 0.5) is 0 Å². The zero-order valence-electron chi connectivity index (χ0n) is 12.5. The minimum Gasteiger partial charge on any atom is -0.852 e. The Hall–Kier alpha value is -1.05. The smallest absolute Gasteiger partial charge is 0.852 e. The molecule has 0 heterocycles. The van der Waals surface area contributed by atoms with Crippen molar-refractivity contribution >= 4 is 0 Å². The minimum atomic E-state index is -1.75. The molecule has 0 spiro atoms. The maximum atomic E-state index is 9.53. The van der Waals surface area contributed by atoms with Crippen LogP contribution in [0.25, 0.3) is 0 Å². The van der Waals surface area contributed by atoms with Gasteiger partial charge in [0.1, 0.15) is 0 Å². The van der Waals surface area contributed by atoms with Gasteiger partial charge in [0.05, 0.1) is 10.2 Å². The van der Waals surface area contributed by atoms with E-state index in [0.717, 1.165) is 0 Å². The second-order valence-corrected chi connectivity index (χ2v) is 2.86. The van der Waals surface area contributed by atoms with E-state index in [1.54, 1.807) is 34.6 Å². The molecule has 0 saturated heterocycles. The van der Waals surface area contributed by atoms with E-state index >= 15 is 0 Å². The monoisotopic (exact) mass is 354 g/mol. The predicted octanol–water partition coefficient (Wildman–Crippen LogP) is -1.80. The summed E-state index contributed by atoms with van der Waals surface area (Å²) < 4.78 is 0. The number of aliphatic hydroxyl groups is 1. The molecule has 13 heteroatoms. The van der Waals surface area contributed by atoms with Crippen LogP contribution in [0.2, 0.25) is 0 Å². The summed E-state index contributed by atoms with van der Waals surface area (Å²) >= 11 is 0. The molecule has 0 saturated carbocycles. The number of aliphatic hydroxyl groups excluding tert-OH is 1. The average Bonchev–Trinajstić information content (AvgIpc) is 1.97. The Morgan fingerprint density at radius 3 is 0.857 bits per heavy atom. The first-order valence-electron chi connectivity index (χ1n) is 4.90. The van der Waals surface area contributed by atoms with E-state index in [2.05, 4.69) is 0 Å². The molecule has 21 heavy (non-hydrogen) atoms. The van der Waals surface area contributed by atoms with Crippen molar-refractivity contribution in [2.75, 3.05) is 6.61 Å². The third kappa shape index (κ3) is 4980. The Morgan fingerprint density at radius 1 is 0.857 bits per heavy atom. The maximum absolute atomic E-state index is 9.53. The van der Waals surface area contributed by atoms with Crippen LogP contribution < -0.4 is 10.2 Å². The quantitative estimate of drug-likeness (QED) is 0.293. The fourth-order valence-corrected chi connectivity index (χ4v) is 0. The first-order valence-corrected chi connectivity index (χ1v) is 4.90. The third-order valence-corrected chi connectivity index (χ3v) is 0. The van der Waals surface area contributed by atoms with Gasteiger partial charge in [-0.1, -0.05) is 27.7 Å². The molecule has 0 rings (SSSR count). The molecule has 0 aliphatic heterocycles. The summed E-state index contributed by atoms with van der Waals surface area (Å²) in [5.41, 5.74) is 0. The Morgan fingerprint density at radius 2 is 0.857 bits per heavy atom. The Bertz CT molecular complexity index is 151. The molecule has 0 radical (unpaired) electrons. The number of hydrogen-bond acceptors (Lipinski definition) is 9. The van der Waals surface area contributed by atoms with Gasteiger partial charge in [-0.25, -0.2) is 0 Å². The van der Waals surface area contributed by atoms with Gasteiger partial charge < -0.3 is 51.4 Å². The van der Waals surface area contributed by atoms with Crippen LogP contribution >= 0.6 is 0 Å². The number of rotatable bonds is 0. The molecule has 0 aromatic heterocycles. The van der Waals surface area contributed by atoms with E-state index in [1.807, 2.05) is 0 Å². The fraction of sp³-hybridized carbons (Fsp3) is 1.00. The molecular weight excluding hydrogens is 332 g/mol. The van der Waals surface area contributed by atoms with E-state index in [4.69, 9.17) is 35.7 Å². The van der Waals surface area contributed by atoms with Crippen molar-refractivity contribution in [2.24, 2.45) is 0 Å². The molecule has 0 unspecified atom stereocenters. The van der Waals surface area contributed by atoms with Crippen LogP contribution in [0.5, 0.6) is 0 Å².